The number of carbonyl (C=O) groups excluding carboxylic acids is 2. The van der Waals surface area contributed by atoms with Crippen LogP contribution in [-0.2, 0) is 9.59 Å². The number of Topliss-reactive ketones (excluding diaryl/α,β-unsaturated/α-hetero) is 1. The van der Waals surface area contributed by atoms with Gasteiger partial charge in [0.25, 0.3) is 11.7 Å². The lowest BCUT2D eigenvalue weighted by atomic mass is 9.93. The van der Waals surface area contributed by atoms with Crippen LogP contribution in [-0.4, -0.2) is 31.0 Å². The van der Waals surface area contributed by atoms with Crippen LogP contribution in [0, 0.1) is 0 Å². The monoisotopic (exact) mass is 457 g/mol. The van der Waals surface area contributed by atoms with Gasteiger partial charge in [-0.25, -0.2) is 0 Å². The van der Waals surface area contributed by atoms with E-state index in [2.05, 4.69) is 0 Å². The van der Waals surface area contributed by atoms with E-state index in [1.165, 1.54) is 4.90 Å². The molecule has 0 aliphatic carbocycles. The number of methoxy groups -OCH3 is 2. The van der Waals surface area contributed by atoms with E-state index in [0.717, 1.165) is 11.1 Å². The molecule has 1 amide bonds. The molecule has 6 heteroatoms. The number of ether oxygens (including phenoxy) is 2. The van der Waals surface area contributed by atoms with E-state index in [9.17, 15) is 14.7 Å². The van der Waals surface area contributed by atoms with Crippen molar-refractivity contribution in [1.82, 2.24) is 0 Å². The smallest absolute Gasteiger partial charge is 0.300 e. The maximum atomic E-state index is 13.3. The molecule has 1 heterocycles. The Morgan fingerprint density at radius 3 is 2.18 bits per heavy atom. The number of anilines is 1. The van der Waals surface area contributed by atoms with Gasteiger partial charge in [0.1, 0.15) is 17.3 Å². The van der Waals surface area contributed by atoms with Crippen LogP contribution in [0.2, 0.25) is 0 Å². The molecule has 1 atom stereocenters. The first-order chi connectivity index (χ1) is 16.4. The largest absolute Gasteiger partial charge is 0.507 e. The van der Waals surface area contributed by atoms with E-state index >= 15 is 0 Å². The molecular formula is C28H27NO5. The molecule has 0 spiro atoms. The zero-order chi connectivity index (χ0) is 24.4. The number of nitrogens with zero attached hydrogens (tertiary/aromatic N) is 1. The van der Waals surface area contributed by atoms with Crippen molar-refractivity contribution in [3.63, 3.8) is 0 Å². The summed E-state index contributed by atoms with van der Waals surface area (Å²) < 4.78 is 10.7. The summed E-state index contributed by atoms with van der Waals surface area (Å²) in [6, 6.07) is 20.6. The highest BCUT2D eigenvalue weighted by Crippen LogP contribution is 2.43. The Morgan fingerprint density at radius 1 is 0.912 bits per heavy atom. The molecule has 1 N–H and O–H groups in total. The average molecular weight is 458 g/mol. The van der Waals surface area contributed by atoms with Crippen LogP contribution in [0.4, 0.5) is 5.69 Å². The Kier molecular flexibility index (Phi) is 6.41. The molecule has 1 saturated heterocycles. The van der Waals surface area contributed by atoms with Crippen LogP contribution in [0.15, 0.2) is 78.4 Å². The van der Waals surface area contributed by atoms with Crippen molar-refractivity contribution in [3.8, 4) is 11.5 Å². The van der Waals surface area contributed by atoms with Crippen LogP contribution in [0.5, 0.6) is 11.5 Å². The summed E-state index contributed by atoms with van der Waals surface area (Å²) in [5.74, 6) is -0.176. The molecule has 1 aliphatic rings. The molecule has 0 bridgehead atoms. The Morgan fingerprint density at radius 2 is 1.59 bits per heavy atom. The summed E-state index contributed by atoms with van der Waals surface area (Å²) in [4.78, 5) is 28.0. The van der Waals surface area contributed by atoms with Gasteiger partial charge in [-0.3, -0.25) is 14.5 Å². The molecule has 3 aromatic carbocycles. The van der Waals surface area contributed by atoms with E-state index in [1.54, 1.807) is 50.6 Å². The third kappa shape index (κ3) is 4.03. The first kappa shape index (κ1) is 23.1. The van der Waals surface area contributed by atoms with Crippen LogP contribution in [0.25, 0.3) is 5.76 Å². The van der Waals surface area contributed by atoms with Gasteiger partial charge in [0.2, 0.25) is 0 Å². The van der Waals surface area contributed by atoms with Crippen molar-refractivity contribution >= 4 is 23.1 Å². The highest BCUT2D eigenvalue weighted by molar-refractivity contribution is 6.51. The highest BCUT2D eigenvalue weighted by Gasteiger charge is 2.47. The molecule has 6 nitrogen and oxygen atoms in total. The SMILES string of the molecule is COc1ccc(N2C(=O)C(=O)/C(=C(\O)c3ccc(OC)c(C(C)C)c3)C2c2ccccc2)cc1. The molecule has 0 saturated carbocycles. The van der Waals surface area contributed by atoms with Gasteiger partial charge in [-0.1, -0.05) is 44.2 Å². The van der Waals surface area contributed by atoms with E-state index in [-0.39, 0.29) is 17.3 Å². The molecule has 4 rings (SSSR count). The predicted molar refractivity (Wildman–Crippen MR) is 131 cm³/mol. The zero-order valence-electron chi connectivity index (χ0n) is 19.6. The summed E-state index contributed by atoms with van der Waals surface area (Å²) in [5.41, 5.74) is 2.65. The lowest BCUT2D eigenvalue weighted by Gasteiger charge is -2.25. The van der Waals surface area contributed by atoms with E-state index < -0.39 is 17.7 Å². The Balaban J connectivity index is 1.91. The third-order valence-corrected chi connectivity index (χ3v) is 6.04. The maximum absolute atomic E-state index is 13.3. The fourth-order valence-electron chi connectivity index (χ4n) is 4.28. The second-order valence-electron chi connectivity index (χ2n) is 8.39. The number of hydrogen-bond acceptors (Lipinski definition) is 5. The highest BCUT2D eigenvalue weighted by atomic mass is 16.5. The lowest BCUT2D eigenvalue weighted by molar-refractivity contribution is -0.132. The molecule has 3 aromatic rings. The van der Waals surface area contributed by atoms with Gasteiger partial charge >= 0.3 is 0 Å². The number of aliphatic hydroxyl groups is 1. The van der Waals surface area contributed by atoms with Crippen molar-refractivity contribution in [3.05, 3.63) is 95.1 Å². The van der Waals surface area contributed by atoms with Gasteiger partial charge in [0, 0.05) is 11.3 Å². The molecule has 0 radical (unpaired) electrons. The van der Waals surface area contributed by atoms with Crippen molar-refractivity contribution in [1.29, 1.82) is 0 Å². The number of hydrogen-bond donors (Lipinski definition) is 1. The van der Waals surface area contributed by atoms with Gasteiger partial charge in [0.15, 0.2) is 0 Å². The van der Waals surface area contributed by atoms with Crippen LogP contribution in [0.3, 0.4) is 0 Å². The van der Waals surface area contributed by atoms with Gasteiger partial charge in [-0.2, -0.15) is 0 Å². The molecule has 0 aromatic heterocycles. The number of ketones is 1. The lowest BCUT2D eigenvalue weighted by Crippen LogP contribution is -2.29. The standard InChI is InChI=1S/C28H27NO5/c1-17(2)22-16-19(10-15-23(22)34-4)26(30)24-25(18-8-6-5-7-9-18)29(28(32)27(24)31)20-11-13-21(33-3)14-12-20/h5-17,25,30H,1-4H3/b26-24-. The van der Waals surface area contributed by atoms with E-state index in [4.69, 9.17) is 9.47 Å². The van der Waals surface area contributed by atoms with Crippen LogP contribution >= 0.6 is 0 Å². The first-order valence-corrected chi connectivity index (χ1v) is 11.1. The summed E-state index contributed by atoms with van der Waals surface area (Å²) in [6.45, 7) is 4.04. The molecule has 34 heavy (non-hydrogen) atoms. The van der Waals surface area contributed by atoms with Crippen molar-refractivity contribution in [2.45, 2.75) is 25.8 Å². The van der Waals surface area contributed by atoms with Gasteiger partial charge in [-0.15, -0.1) is 0 Å². The van der Waals surface area contributed by atoms with Crippen LogP contribution in [0.1, 0.15) is 42.5 Å². The van der Waals surface area contributed by atoms with Crippen molar-refractivity contribution < 1.29 is 24.2 Å². The van der Waals surface area contributed by atoms with Gasteiger partial charge in [0.05, 0.1) is 25.8 Å². The minimum Gasteiger partial charge on any atom is -0.507 e. The fourth-order valence-corrected chi connectivity index (χ4v) is 4.28. The summed E-state index contributed by atoms with van der Waals surface area (Å²) in [6.07, 6.45) is 0. The second-order valence-corrected chi connectivity index (χ2v) is 8.39. The van der Waals surface area contributed by atoms with Crippen molar-refractivity contribution in [2.75, 3.05) is 19.1 Å². The van der Waals surface area contributed by atoms with Gasteiger partial charge < -0.3 is 14.6 Å². The van der Waals surface area contributed by atoms with E-state index in [0.29, 0.717) is 22.7 Å². The maximum Gasteiger partial charge on any atom is 0.300 e. The normalized spacial score (nSPS) is 17.3. The van der Waals surface area contributed by atoms with Crippen LogP contribution < -0.4 is 14.4 Å². The minimum absolute atomic E-state index is 0.0480. The Bertz CT molecular complexity index is 1250. The molecule has 174 valence electrons. The van der Waals surface area contributed by atoms with Gasteiger partial charge in [-0.05, 0) is 59.5 Å². The predicted octanol–water partition coefficient (Wildman–Crippen LogP) is 5.45. The number of amides is 1. The molecule has 1 fully saturated rings. The Hall–Kier alpha value is -4.06. The number of rotatable bonds is 6. The average Bonchev–Trinajstić information content (AvgIpc) is 3.14. The number of aliphatic hydroxyl groups excluding tert-OH is 1. The molecule has 1 unspecified atom stereocenters. The summed E-state index contributed by atoms with van der Waals surface area (Å²) in [7, 11) is 3.15. The summed E-state index contributed by atoms with van der Waals surface area (Å²) in [5, 5.41) is 11.4. The molecular weight excluding hydrogens is 430 g/mol. The third-order valence-electron chi connectivity index (χ3n) is 6.04. The Labute approximate surface area is 199 Å². The quantitative estimate of drug-likeness (QED) is 0.302. The number of carbonyl (C=O) groups is 2. The topological polar surface area (TPSA) is 76.1 Å². The fraction of sp³-hybridized carbons (Fsp3) is 0.214. The minimum atomic E-state index is -0.779. The van der Waals surface area contributed by atoms with E-state index in [1.807, 2.05) is 50.2 Å². The first-order valence-electron chi connectivity index (χ1n) is 11.1. The molecule has 1 aliphatic heterocycles. The second kappa shape index (κ2) is 9.43. The van der Waals surface area contributed by atoms with Crippen molar-refractivity contribution in [2.24, 2.45) is 0 Å². The summed E-state index contributed by atoms with van der Waals surface area (Å²) >= 11 is 0. The number of benzene rings is 3. The zero-order valence-corrected chi connectivity index (χ0v) is 19.6.